The number of pyridine rings is 1. The first-order valence-electron chi connectivity index (χ1n) is 7.35. The molecule has 2 heterocycles. The maximum absolute atomic E-state index is 13.0. The second kappa shape index (κ2) is 6.83. The third-order valence-electron chi connectivity index (χ3n) is 3.61. The number of benzene rings is 1. The molecule has 0 bridgehead atoms. The van der Waals surface area contributed by atoms with Gasteiger partial charge in [0.15, 0.2) is 0 Å². The highest BCUT2D eigenvalue weighted by Crippen LogP contribution is 2.20. The number of hydrogen-bond acceptors (Lipinski definition) is 4. The van der Waals surface area contributed by atoms with Crippen LogP contribution in [0.15, 0.2) is 67.5 Å². The minimum absolute atomic E-state index is 0.0504. The van der Waals surface area contributed by atoms with Gasteiger partial charge in [-0.05, 0) is 24.6 Å². The monoisotopic (exact) mass is 307 g/mol. The number of carbonyl (C=O) groups excluding carboxylic acids is 1. The Labute approximate surface area is 134 Å². The molecule has 0 spiro atoms. The lowest BCUT2D eigenvalue weighted by Crippen LogP contribution is -2.36. The van der Waals surface area contributed by atoms with Crippen LogP contribution in [0.1, 0.15) is 18.5 Å². The second-order valence-corrected chi connectivity index (χ2v) is 5.17. The van der Waals surface area contributed by atoms with Crippen LogP contribution in [0, 0.1) is 0 Å². The first-order valence-corrected chi connectivity index (χ1v) is 7.35. The highest BCUT2D eigenvalue weighted by atomic mass is 16.2. The van der Waals surface area contributed by atoms with E-state index in [1.807, 2.05) is 49.4 Å². The van der Waals surface area contributed by atoms with Crippen LogP contribution in [0.3, 0.4) is 0 Å². The van der Waals surface area contributed by atoms with E-state index in [9.17, 15) is 4.79 Å². The quantitative estimate of drug-likeness (QED) is 0.726. The van der Waals surface area contributed by atoms with Gasteiger partial charge in [0.05, 0.1) is 6.54 Å². The molecule has 1 aromatic carbocycles. The van der Waals surface area contributed by atoms with E-state index < -0.39 is 6.04 Å². The fraction of sp³-hybridized carbons (Fsp3) is 0.176. The van der Waals surface area contributed by atoms with Crippen LogP contribution in [0.5, 0.6) is 0 Å². The van der Waals surface area contributed by atoms with E-state index >= 15 is 0 Å². The minimum atomic E-state index is -0.436. The Bertz CT molecular complexity index is 743. The normalized spacial score (nSPS) is 11.9. The van der Waals surface area contributed by atoms with Crippen LogP contribution in [0.25, 0.3) is 0 Å². The number of hydrogen-bond donors (Lipinski definition) is 0. The van der Waals surface area contributed by atoms with Gasteiger partial charge in [-0.1, -0.05) is 30.3 Å². The fourth-order valence-electron chi connectivity index (χ4n) is 2.34. The zero-order chi connectivity index (χ0) is 16.1. The van der Waals surface area contributed by atoms with Crippen molar-refractivity contribution in [3.8, 4) is 0 Å². The van der Waals surface area contributed by atoms with Crippen molar-refractivity contribution in [3.05, 3.63) is 73.1 Å². The summed E-state index contributed by atoms with van der Waals surface area (Å²) in [6.07, 6.45) is 6.34. The van der Waals surface area contributed by atoms with Crippen LogP contribution in [-0.4, -0.2) is 25.7 Å². The van der Waals surface area contributed by atoms with Crippen molar-refractivity contribution in [2.75, 3.05) is 4.90 Å². The molecular weight excluding hydrogens is 290 g/mol. The molecule has 3 rings (SSSR count). The summed E-state index contributed by atoms with van der Waals surface area (Å²) in [5.41, 5.74) is 1.87. The Morgan fingerprint density at radius 2 is 1.87 bits per heavy atom. The first-order chi connectivity index (χ1) is 11.3. The summed E-state index contributed by atoms with van der Waals surface area (Å²) in [6, 6.07) is 13.1. The number of amides is 1. The zero-order valence-electron chi connectivity index (χ0n) is 12.8. The van der Waals surface area contributed by atoms with Crippen LogP contribution in [-0.2, 0) is 11.3 Å². The van der Waals surface area contributed by atoms with Gasteiger partial charge in [0.1, 0.15) is 18.7 Å². The fourth-order valence-corrected chi connectivity index (χ4v) is 2.34. The van der Waals surface area contributed by atoms with Gasteiger partial charge in [-0.3, -0.25) is 9.78 Å². The third-order valence-corrected chi connectivity index (χ3v) is 3.61. The molecule has 3 aromatic rings. The molecule has 0 aliphatic heterocycles. The molecule has 23 heavy (non-hydrogen) atoms. The Balaban J connectivity index is 1.90. The summed E-state index contributed by atoms with van der Waals surface area (Å²) in [5.74, 6) is -0.0504. The van der Waals surface area contributed by atoms with Crippen molar-refractivity contribution in [2.24, 2.45) is 0 Å². The summed E-state index contributed by atoms with van der Waals surface area (Å²) >= 11 is 0. The zero-order valence-corrected chi connectivity index (χ0v) is 12.8. The Hall–Kier alpha value is -3.02. The van der Waals surface area contributed by atoms with Crippen molar-refractivity contribution in [1.29, 1.82) is 0 Å². The molecule has 0 aliphatic rings. The van der Waals surface area contributed by atoms with E-state index in [0.717, 1.165) is 11.3 Å². The second-order valence-electron chi connectivity index (χ2n) is 5.17. The maximum atomic E-state index is 13.0. The molecule has 1 amide bonds. The van der Waals surface area contributed by atoms with Gasteiger partial charge in [-0.25, -0.2) is 9.67 Å². The number of aromatic nitrogens is 4. The lowest BCUT2D eigenvalue weighted by molar-refractivity contribution is -0.121. The molecule has 0 saturated heterocycles. The molecule has 116 valence electrons. The molecule has 0 unspecified atom stereocenters. The average Bonchev–Trinajstić information content (AvgIpc) is 3.15. The van der Waals surface area contributed by atoms with Gasteiger partial charge in [-0.2, -0.15) is 5.10 Å². The number of anilines is 1. The third kappa shape index (κ3) is 3.42. The van der Waals surface area contributed by atoms with Gasteiger partial charge >= 0.3 is 0 Å². The van der Waals surface area contributed by atoms with Crippen molar-refractivity contribution in [1.82, 2.24) is 19.7 Å². The molecule has 0 aliphatic carbocycles. The largest absolute Gasteiger partial charge is 0.306 e. The van der Waals surface area contributed by atoms with E-state index in [0.29, 0.717) is 6.54 Å². The van der Waals surface area contributed by atoms with Crippen LogP contribution in [0.2, 0.25) is 0 Å². The Kier molecular flexibility index (Phi) is 4.42. The lowest BCUT2D eigenvalue weighted by atomic mass is 10.1. The van der Waals surface area contributed by atoms with Gasteiger partial charge in [0.2, 0.25) is 0 Å². The van der Waals surface area contributed by atoms with Crippen molar-refractivity contribution in [3.63, 3.8) is 0 Å². The molecule has 0 saturated carbocycles. The van der Waals surface area contributed by atoms with Gasteiger partial charge in [0, 0.05) is 18.1 Å². The molecule has 6 nitrogen and oxygen atoms in total. The molecule has 6 heteroatoms. The minimum Gasteiger partial charge on any atom is -0.306 e. The maximum Gasteiger partial charge on any atom is 0.251 e. The molecule has 0 fully saturated rings. The first kappa shape index (κ1) is 14.9. The number of carbonyl (C=O) groups is 1. The smallest absolute Gasteiger partial charge is 0.251 e. The molecule has 1 atom stereocenters. The molecule has 0 radical (unpaired) electrons. The van der Waals surface area contributed by atoms with Gasteiger partial charge in [0.25, 0.3) is 5.91 Å². The van der Waals surface area contributed by atoms with Gasteiger partial charge in [-0.15, -0.1) is 0 Å². The summed E-state index contributed by atoms with van der Waals surface area (Å²) in [6.45, 7) is 2.30. The van der Waals surface area contributed by atoms with Crippen molar-refractivity contribution < 1.29 is 4.79 Å². The lowest BCUT2D eigenvalue weighted by Gasteiger charge is -2.26. The summed E-state index contributed by atoms with van der Waals surface area (Å²) in [7, 11) is 0. The topological polar surface area (TPSA) is 63.9 Å². The van der Waals surface area contributed by atoms with Crippen LogP contribution >= 0.6 is 0 Å². The number of rotatable bonds is 5. The highest BCUT2D eigenvalue weighted by Gasteiger charge is 2.24. The Morgan fingerprint density at radius 3 is 2.52 bits per heavy atom. The predicted octanol–water partition coefficient (Wildman–Crippen LogP) is 2.47. The van der Waals surface area contributed by atoms with Crippen molar-refractivity contribution in [2.45, 2.75) is 19.5 Å². The van der Waals surface area contributed by atoms with E-state index in [2.05, 4.69) is 15.1 Å². The number of nitrogens with zero attached hydrogens (tertiary/aromatic N) is 5. The van der Waals surface area contributed by atoms with E-state index in [1.165, 1.54) is 6.33 Å². The Morgan fingerprint density at radius 1 is 1.13 bits per heavy atom. The van der Waals surface area contributed by atoms with E-state index in [4.69, 9.17) is 0 Å². The molecule has 0 N–H and O–H groups in total. The SMILES string of the molecule is C[C@@H](C(=O)N(Cc1ccccc1)c1ccncc1)n1cncn1. The predicted molar refractivity (Wildman–Crippen MR) is 86.6 cm³/mol. The van der Waals surface area contributed by atoms with Gasteiger partial charge < -0.3 is 4.90 Å². The molecular formula is C17H17N5O. The summed E-state index contributed by atoms with van der Waals surface area (Å²) < 4.78 is 1.56. The summed E-state index contributed by atoms with van der Waals surface area (Å²) in [5, 5.41) is 4.07. The van der Waals surface area contributed by atoms with Crippen LogP contribution in [0.4, 0.5) is 5.69 Å². The summed E-state index contributed by atoms with van der Waals surface area (Å²) in [4.78, 5) is 22.6. The van der Waals surface area contributed by atoms with E-state index in [-0.39, 0.29) is 5.91 Å². The van der Waals surface area contributed by atoms with E-state index in [1.54, 1.807) is 28.3 Å². The highest BCUT2D eigenvalue weighted by molar-refractivity contribution is 5.95. The molecule has 2 aromatic heterocycles. The average molecular weight is 307 g/mol. The van der Waals surface area contributed by atoms with Crippen molar-refractivity contribution >= 4 is 11.6 Å². The van der Waals surface area contributed by atoms with Crippen LogP contribution < -0.4 is 4.90 Å². The standard InChI is InChI=1S/C17H17N5O/c1-14(22-13-19-12-20-22)17(23)21(16-7-9-18-10-8-16)11-15-5-3-2-4-6-15/h2-10,12-14H,11H2,1H3/t14-/m0/s1.